The van der Waals surface area contributed by atoms with E-state index in [0.717, 1.165) is 39.1 Å². The summed E-state index contributed by atoms with van der Waals surface area (Å²) in [4.78, 5) is 2.25. The monoisotopic (exact) mass is 438 g/mol. The minimum Gasteiger partial charge on any atom is -0.381 e. The van der Waals surface area contributed by atoms with Crippen LogP contribution in [0.3, 0.4) is 0 Å². The molecule has 0 bridgehead atoms. The van der Waals surface area contributed by atoms with Gasteiger partial charge in [-0.1, -0.05) is 36.4 Å². The van der Waals surface area contributed by atoms with Gasteiger partial charge in [0.1, 0.15) is 0 Å². The maximum atomic E-state index is 11.7. The van der Waals surface area contributed by atoms with Gasteiger partial charge >= 0.3 is 0 Å². The van der Waals surface area contributed by atoms with E-state index in [1.165, 1.54) is 27.7 Å². The summed E-state index contributed by atoms with van der Waals surface area (Å²) < 4.78 is 31.5. The number of fused-ring (bicyclic) bond motifs is 1. The largest absolute Gasteiger partial charge is 0.381 e. The molecule has 3 aromatic rings. The Morgan fingerprint density at radius 2 is 1.68 bits per heavy atom. The Balaban J connectivity index is 1.45. The molecule has 2 aromatic carbocycles. The van der Waals surface area contributed by atoms with Crippen molar-refractivity contribution < 1.29 is 13.2 Å². The first-order valence-electron chi connectivity index (χ1n) is 11.3. The second-order valence-electron chi connectivity index (χ2n) is 8.88. The molecule has 0 amide bonds. The summed E-state index contributed by atoms with van der Waals surface area (Å²) in [6, 6.07) is 19.7. The Labute approximate surface area is 184 Å². The van der Waals surface area contributed by atoms with Crippen molar-refractivity contribution in [3.8, 4) is 11.3 Å². The van der Waals surface area contributed by atoms with Crippen molar-refractivity contribution in [1.29, 1.82) is 0 Å². The average molecular weight is 439 g/mol. The number of sulfone groups is 1. The first-order valence-corrected chi connectivity index (χ1v) is 13.1. The fraction of sp³-hybridized carbons (Fsp3) is 0.440. The first-order chi connectivity index (χ1) is 15.1. The molecule has 0 atom stereocenters. The molecule has 5 nitrogen and oxygen atoms in total. The number of benzene rings is 2. The molecule has 3 heterocycles. The van der Waals surface area contributed by atoms with Gasteiger partial charge in [-0.05, 0) is 48.1 Å². The van der Waals surface area contributed by atoms with Gasteiger partial charge in [-0.15, -0.1) is 0 Å². The van der Waals surface area contributed by atoms with Gasteiger partial charge in [-0.2, -0.15) is 0 Å². The second-order valence-corrected chi connectivity index (χ2v) is 11.2. The van der Waals surface area contributed by atoms with E-state index in [1.54, 1.807) is 0 Å². The third-order valence-electron chi connectivity index (χ3n) is 6.66. The smallest absolute Gasteiger partial charge is 0.152 e. The molecular formula is C25H30N2O3S. The van der Waals surface area contributed by atoms with E-state index in [4.69, 9.17) is 4.74 Å². The SMILES string of the molecule is O=S1(=O)CCN(Cc2ccc3c(c2)cc(-c2ccccc2)n3CC2CCOCC2)CC1. The minimum absolute atomic E-state index is 0.273. The van der Waals surface area contributed by atoms with E-state index in [9.17, 15) is 8.42 Å². The molecule has 0 N–H and O–H groups in total. The maximum absolute atomic E-state index is 11.7. The standard InChI is InChI=1S/C25H30N2O3S/c28-31(29)14-10-26(11-15-31)18-21-6-7-24-23(16-21)17-25(22-4-2-1-3-5-22)27(24)19-20-8-12-30-13-9-20/h1-7,16-17,20H,8-15,18-19H2. The van der Waals surface area contributed by atoms with Gasteiger partial charge in [0.2, 0.25) is 0 Å². The fourth-order valence-corrected chi connectivity index (χ4v) is 6.09. The molecule has 2 aliphatic heterocycles. The average Bonchev–Trinajstić information content (AvgIpc) is 3.14. The second kappa shape index (κ2) is 8.77. The molecule has 31 heavy (non-hydrogen) atoms. The van der Waals surface area contributed by atoms with Gasteiger partial charge in [0.05, 0.1) is 11.5 Å². The zero-order chi connectivity index (χ0) is 21.3. The Morgan fingerprint density at radius 1 is 0.935 bits per heavy atom. The highest BCUT2D eigenvalue weighted by atomic mass is 32.2. The number of hydrogen-bond acceptors (Lipinski definition) is 4. The molecule has 2 fully saturated rings. The van der Waals surface area contributed by atoms with Gasteiger partial charge in [0.15, 0.2) is 9.84 Å². The van der Waals surface area contributed by atoms with Crippen molar-refractivity contribution >= 4 is 20.7 Å². The van der Waals surface area contributed by atoms with E-state index in [0.29, 0.717) is 19.0 Å². The van der Waals surface area contributed by atoms with E-state index in [-0.39, 0.29) is 11.5 Å². The number of nitrogens with zero attached hydrogens (tertiary/aromatic N) is 2. The molecule has 5 rings (SSSR count). The zero-order valence-electron chi connectivity index (χ0n) is 17.9. The lowest BCUT2D eigenvalue weighted by atomic mass is 10.00. The first kappa shape index (κ1) is 20.7. The lowest BCUT2D eigenvalue weighted by molar-refractivity contribution is 0.0617. The van der Waals surface area contributed by atoms with Crippen LogP contribution < -0.4 is 0 Å². The number of aromatic nitrogens is 1. The van der Waals surface area contributed by atoms with Gasteiger partial charge in [-0.3, -0.25) is 4.90 Å². The molecule has 0 unspecified atom stereocenters. The third-order valence-corrected chi connectivity index (χ3v) is 8.27. The Kier molecular flexibility index (Phi) is 5.87. The van der Waals surface area contributed by atoms with Crippen LogP contribution in [0.4, 0.5) is 0 Å². The molecule has 0 saturated carbocycles. The van der Waals surface area contributed by atoms with Crippen LogP contribution in [0.2, 0.25) is 0 Å². The van der Waals surface area contributed by atoms with Crippen LogP contribution in [0.1, 0.15) is 18.4 Å². The van der Waals surface area contributed by atoms with Crippen LogP contribution in [-0.4, -0.2) is 55.7 Å². The summed E-state index contributed by atoms with van der Waals surface area (Å²) in [5.41, 5.74) is 5.03. The molecule has 164 valence electrons. The summed E-state index contributed by atoms with van der Waals surface area (Å²) >= 11 is 0. The Hall–Kier alpha value is -2.15. The van der Waals surface area contributed by atoms with Crippen molar-refractivity contribution in [3.05, 3.63) is 60.2 Å². The minimum atomic E-state index is -2.84. The van der Waals surface area contributed by atoms with Crippen LogP contribution in [0.25, 0.3) is 22.2 Å². The lowest BCUT2D eigenvalue weighted by Crippen LogP contribution is -2.39. The van der Waals surface area contributed by atoms with Crippen LogP contribution in [0.5, 0.6) is 0 Å². The molecule has 2 aliphatic rings. The Morgan fingerprint density at radius 3 is 2.42 bits per heavy atom. The predicted molar refractivity (Wildman–Crippen MR) is 125 cm³/mol. The van der Waals surface area contributed by atoms with Crippen LogP contribution in [0.15, 0.2) is 54.6 Å². The molecule has 6 heteroatoms. The van der Waals surface area contributed by atoms with Crippen molar-refractivity contribution in [2.45, 2.75) is 25.9 Å². The summed E-state index contributed by atoms with van der Waals surface area (Å²) in [5, 5.41) is 1.26. The lowest BCUT2D eigenvalue weighted by Gasteiger charge is -2.26. The number of ether oxygens (including phenoxy) is 1. The number of hydrogen-bond donors (Lipinski definition) is 0. The zero-order valence-corrected chi connectivity index (χ0v) is 18.7. The highest BCUT2D eigenvalue weighted by Gasteiger charge is 2.22. The van der Waals surface area contributed by atoms with Crippen molar-refractivity contribution in [2.24, 2.45) is 5.92 Å². The predicted octanol–water partition coefficient (Wildman–Crippen LogP) is 3.97. The summed E-state index contributed by atoms with van der Waals surface area (Å²) in [7, 11) is -2.84. The molecule has 0 radical (unpaired) electrons. The number of rotatable bonds is 5. The topological polar surface area (TPSA) is 51.5 Å². The van der Waals surface area contributed by atoms with Crippen molar-refractivity contribution in [1.82, 2.24) is 9.47 Å². The van der Waals surface area contributed by atoms with Gasteiger partial charge in [0.25, 0.3) is 0 Å². The molecular weight excluding hydrogens is 408 g/mol. The van der Waals surface area contributed by atoms with Crippen LogP contribution in [0, 0.1) is 5.92 Å². The summed E-state index contributed by atoms with van der Waals surface area (Å²) in [6.07, 6.45) is 2.23. The highest BCUT2D eigenvalue weighted by molar-refractivity contribution is 7.91. The normalized spacial score (nSPS) is 20.3. The molecule has 1 aromatic heterocycles. The van der Waals surface area contributed by atoms with Crippen molar-refractivity contribution in [3.63, 3.8) is 0 Å². The van der Waals surface area contributed by atoms with Gasteiger partial charge < -0.3 is 9.30 Å². The molecule has 0 spiro atoms. The van der Waals surface area contributed by atoms with Crippen molar-refractivity contribution in [2.75, 3.05) is 37.8 Å². The fourth-order valence-electron chi connectivity index (χ4n) is 4.82. The van der Waals surface area contributed by atoms with E-state index in [2.05, 4.69) is 64.1 Å². The van der Waals surface area contributed by atoms with Crippen LogP contribution >= 0.6 is 0 Å². The highest BCUT2D eigenvalue weighted by Crippen LogP contribution is 2.31. The van der Waals surface area contributed by atoms with E-state index in [1.807, 2.05) is 0 Å². The Bertz CT molecular complexity index is 1130. The van der Waals surface area contributed by atoms with Gasteiger partial charge in [0, 0.05) is 56.0 Å². The van der Waals surface area contributed by atoms with E-state index >= 15 is 0 Å². The summed E-state index contributed by atoms with van der Waals surface area (Å²) in [6.45, 7) is 4.79. The van der Waals surface area contributed by atoms with Gasteiger partial charge in [-0.25, -0.2) is 8.42 Å². The molecule has 0 aliphatic carbocycles. The third kappa shape index (κ3) is 4.71. The molecule has 2 saturated heterocycles. The van der Waals surface area contributed by atoms with Crippen LogP contribution in [-0.2, 0) is 27.7 Å². The quantitative estimate of drug-likeness (QED) is 0.605. The summed E-state index contributed by atoms with van der Waals surface area (Å²) in [5.74, 6) is 1.19. The van der Waals surface area contributed by atoms with E-state index < -0.39 is 9.84 Å². The maximum Gasteiger partial charge on any atom is 0.152 e.